The Balaban J connectivity index is 1.98. The fraction of sp³-hybridized carbons (Fsp3) is 0.222. The molecule has 2 rings (SSSR count). The molecule has 1 N–H and O–H groups in total. The van der Waals surface area contributed by atoms with Crippen LogP contribution in [-0.4, -0.2) is 6.61 Å². The minimum absolute atomic E-state index is 0.538. The molecule has 0 aliphatic heterocycles. The van der Waals surface area contributed by atoms with Gasteiger partial charge in [-0.1, -0.05) is 47.6 Å². The molecule has 0 saturated heterocycles. The van der Waals surface area contributed by atoms with Crippen molar-refractivity contribution in [3.8, 4) is 5.75 Å². The first-order chi connectivity index (χ1) is 10.2. The monoisotopic (exact) mass is 345 g/mol. The second-order valence-electron chi connectivity index (χ2n) is 4.75. The summed E-state index contributed by atoms with van der Waals surface area (Å²) in [5.41, 5.74) is 3.73. The third-order valence-corrected chi connectivity index (χ3v) is 3.72. The zero-order valence-corrected chi connectivity index (χ0v) is 13.8. The number of benzene rings is 2. The highest BCUT2D eigenvalue weighted by molar-refractivity contribution is 9.10. The predicted molar refractivity (Wildman–Crippen MR) is 93.0 cm³/mol. The van der Waals surface area contributed by atoms with Gasteiger partial charge in [-0.25, -0.2) is 0 Å². The molecule has 21 heavy (non-hydrogen) atoms. The molecule has 2 aromatic rings. The molecule has 0 bridgehead atoms. The first-order valence-electron chi connectivity index (χ1n) is 7.08. The molecular weight excluding hydrogens is 326 g/mol. The SMILES string of the molecule is C=CCOc1ccc(CNc2ccc(Br)cc2CC)cc1. The number of halogens is 1. The molecule has 0 aliphatic rings. The Morgan fingerprint density at radius 2 is 1.95 bits per heavy atom. The van der Waals surface area contributed by atoms with Gasteiger partial charge in [-0.05, 0) is 47.9 Å². The fourth-order valence-corrected chi connectivity index (χ4v) is 2.49. The Morgan fingerprint density at radius 1 is 1.19 bits per heavy atom. The van der Waals surface area contributed by atoms with Crippen molar-refractivity contribution in [2.75, 3.05) is 11.9 Å². The lowest BCUT2D eigenvalue weighted by Gasteiger charge is -2.12. The Hall–Kier alpha value is -1.74. The van der Waals surface area contributed by atoms with E-state index in [1.807, 2.05) is 12.1 Å². The molecule has 0 saturated carbocycles. The Bertz CT molecular complexity index is 593. The van der Waals surface area contributed by atoms with Gasteiger partial charge < -0.3 is 10.1 Å². The van der Waals surface area contributed by atoms with E-state index in [0.717, 1.165) is 23.2 Å². The maximum Gasteiger partial charge on any atom is 0.119 e. The summed E-state index contributed by atoms with van der Waals surface area (Å²) in [6.45, 7) is 7.15. The van der Waals surface area contributed by atoms with Crippen molar-refractivity contribution in [2.24, 2.45) is 0 Å². The van der Waals surface area contributed by atoms with E-state index < -0.39 is 0 Å². The second-order valence-corrected chi connectivity index (χ2v) is 5.67. The zero-order chi connectivity index (χ0) is 15.1. The molecule has 3 heteroatoms. The summed E-state index contributed by atoms with van der Waals surface area (Å²) in [5.74, 6) is 0.872. The topological polar surface area (TPSA) is 21.3 Å². The molecule has 2 nitrogen and oxygen atoms in total. The van der Waals surface area contributed by atoms with Gasteiger partial charge in [0.2, 0.25) is 0 Å². The predicted octanol–water partition coefficient (Wildman–Crippen LogP) is 5.19. The van der Waals surface area contributed by atoms with E-state index >= 15 is 0 Å². The average molecular weight is 346 g/mol. The maximum atomic E-state index is 5.48. The van der Waals surface area contributed by atoms with Crippen LogP contribution in [0.5, 0.6) is 5.75 Å². The molecule has 0 atom stereocenters. The Morgan fingerprint density at radius 3 is 2.62 bits per heavy atom. The van der Waals surface area contributed by atoms with Gasteiger partial charge in [0.15, 0.2) is 0 Å². The van der Waals surface area contributed by atoms with Gasteiger partial charge in [0.1, 0.15) is 12.4 Å². The third kappa shape index (κ3) is 4.64. The highest BCUT2D eigenvalue weighted by Crippen LogP contribution is 2.22. The normalized spacial score (nSPS) is 10.2. The van der Waals surface area contributed by atoms with E-state index in [0.29, 0.717) is 6.61 Å². The summed E-state index contributed by atoms with van der Waals surface area (Å²) < 4.78 is 6.60. The lowest BCUT2D eigenvalue weighted by atomic mass is 10.1. The van der Waals surface area contributed by atoms with Crippen molar-refractivity contribution in [3.05, 3.63) is 70.7 Å². The number of rotatable bonds is 7. The van der Waals surface area contributed by atoms with Gasteiger partial charge in [0, 0.05) is 16.7 Å². The van der Waals surface area contributed by atoms with Crippen LogP contribution in [0.1, 0.15) is 18.1 Å². The Labute approximate surface area is 135 Å². The van der Waals surface area contributed by atoms with E-state index in [2.05, 4.69) is 65.1 Å². The minimum atomic E-state index is 0.538. The van der Waals surface area contributed by atoms with Gasteiger partial charge in [-0.15, -0.1) is 0 Å². The van der Waals surface area contributed by atoms with Crippen LogP contribution >= 0.6 is 15.9 Å². The molecule has 0 aromatic heterocycles. The summed E-state index contributed by atoms with van der Waals surface area (Å²) in [4.78, 5) is 0. The van der Waals surface area contributed by atoms with Crippen molar-refractivity contribution in [2.45, 2.75) is 19.9 Å². The largest absolute Gasteiger partial charge is 0.490 e. The van der Waals surface area contributed by atoms with Crippen LogP contribution in [0.3, 0.4) is 0 Å². The van der Waals surface area contributed by atoms with Crippen LogP contribution in [0.25, 0.3) is 0 Å². The smallest absolute Gasteiger partial charge is 0.119 e. The van der Waals surface area contributed by atoms with E-state index in [1.165, 1.54) is 16.8 Å². The van der Waals surface area contributed by atoms with Gasteiger partial charge in [0.05, 0.1) is 0 Å². The van der Waals surface area contributed by atoms with Crippen LogP contribution in [0.4, 0.5) is 5.69 Å². The fourth-order valence-electron chi connectivity index (χ4n) is 2.08. The van der Waals surface area contributed by atoms with Crippen molar-refractivity contribution in [1.82, 2.24) is 0 Å². The average Bonchev–Trinajstić information content (AvgIpc) is 2.52. The highest BCUT2D eigenvalue weighted by atomic mass is 79.9. The van der Waals surface area contributed by atoms with Crippen LogP contribution < -0.4 is 10.1 Å². The number of hydrogen-bond donors (Lipinski definition) is 1. The van der Waals surface area contributed by atoms with Crippen LogP contribution in [-0.2, 0) is 13.0 Å². The zero-order valence-electron chi connectivity index (χ0n) is 12.2. The Kier molecular flexibility index (Phi) is 5.88. The number of aryl methyl sites for hydroxylation is 1. The number of anilines is 1. The molecule has 0 fully saturated rings. The lowest BCUT2D eigenvalue weighted by molar-refractivity contribution is 0.363. The summed E-state index contributed by atoms with van der Waals surface area (Å²) in [6, 6.07) is 14.5. The molecule has 110 valence electrons. The van der Waals surface area contributed by atoms with Crippen molar-refractivity contribution < 1.29 is 4.74 Å². The van der Waals surface area contributed by atoms with E-state index in [1.54, 1.807) is 6.08 Å². The highest BCUT2D eigenvalue weighted by Gasteiger charge is 2.02. The van der Waals surface area contributed by atoms with Crippen molar-refractivity contribution in [3.63, 3.8) is 0 Å². The quantitative estimate of drug-likeness (QED) is 0.697. The first-order valence-corrected chi connectivity index (χ1v) is 7.87. The molecule has 0 amide bonds. The first kappa shape index (κ1) is 15.6. The lowest BCUT2D eigenvalue weighted by Crippen LogP contribution is -2.02. The molecule has 2 aromatic carbocycles. The van der Waals surface area contributed by atoms with E-state index in [4.69, 9.17) is 4.74 Å². The molecule has 0 aliphatic carbocycles. The minimum Gasteiger partial charge on any atom is -0.490 e. The van der Waals surface area contributed by atoms with Gasteiger partial charge in [0.25, 0.3) is 0 Å². The summed E-state index contributed by atoms with van der Waals surface area (Å²) in [7, 11) is 0. The number of hydrogen-bond acceptors (Lipinski definition) is 2. The number of ether oxygens (including phenoxy) is 1. The van der Waals surface area contributed by atoms with E-state index in [9.17, 15) is 0 Å². The van der Waals surface area contributed by atoms with E-state index in [-0.39, 0.29) is 0 Å². The van der Waals surface area contributed by atoms with Gasteiger partial charge in [-0.2, -0.15) is 0 Å². The van der Waals surface area contributed by atoms with Crippen LogP contribution in [0, 0.1) is 0 Å². The molecule has 0 radical (unpaired) electrons. The number of nitrogens with one attached hydrogen (secondary N) is 1. The summed E-state index contributed by atoms with van der Waals surface area (Å²) >= 11 is 3.51. The summed E-state index contributed by atoms with van der Waals surface area (Å²) in [5, 5.41) is 3.49. The second kappa shape index (κ2) is 7.89. The van der Waals surface area contributed by atoms with Gasteiger partial charge in [-0.3, -0.25) is 0 Å². The maximum absolute atomic E-state index is 5.48. The van der Waals surface area contributed by atoms with Crippen molar-refractivity contribution in [1.29, 1.82) is 0 Å². The molecule has 0 unspecified atom stereocenters. The third-order valence-electron chi connectivity index (χ3n) is 3.22. The van der Waals surface area contributed by atoms with Gasteiger partial charge >= 0.3 is 0 Å². The van der Waals surface area contributed by atoms with Crippen LogP contribution in [0.2, 0.25) is 0 Å². The van der Waals surface area contributed by atoms with Crippen LogP contribution in [0.15, 0.2) is 59.6 Å². The standard InChI is InChI=1S/C18H20BrNO/c1-3-11-21-17-8-5-14(6-9-17)13-20-18-10-7-16(19)12-15(18)4-2/h3,5-10,12,20H,1,4,11,13H2,2H3. The molecular formula is C18H20BrNO. The van der Waals surface area contributed by atoms with Crippen molar-refractivity contribution >= 4 is 21.6 Å². The molecule has 0 heterocycles. The molecule has 0 spiro atoms. The summed E-state index contributed by atoms with van der Waals surface area (Å²) in [6.07, 6.45) is 2.76.